The van der Waals surface area contributed by atoms with E-state index in [9.17, 15) is 0 Å². The number of aryl methyl sites for hydroxylation is 2. The van der Waals surface area contributed by atoms with Crippen molar-refractivity contribution in [2.45, 2.75) is 13.8 Å². The van der Waals surface area contributed by atoms with Crippen LogP contribution in [0.1, 0.15) is 10.4 Å². The minimum atomic E-state index is 0.547. The van der Waals surface area contributed by atoms with Gasteiger partial charge in [-0.3, -0.25) is 0 Å². The van der Waals surface area contributed by atoms with Crippen LogP contribution in [0.15, 0.2) is 0 Å². The molecule has 0 saturated heterocycles. The molecule has 0 amide bonds. The molecule has 0 bridgehead atoms. The first-order chi connectivity index (χ1) is 7.00. The standard InChI is InChI=1S/C10H12ClN3S/c1-5-6(2)15-9-7(5)8(11)12-10(13-9)14(3)4/h1-4H3. The molecule has 0 unspecified atom stereocenters. The van der Waals surface area contributed by atoms with E-state index in [1.54, 1.807) is 11.3 Å². The Morgan fingerprint density at radius 3 is 2.47 bits per heavy atom. The number of hydrogen-bond acceptors (Lipinski definition) is 4. The molecule has 80 valence electrons. The van der Waals surface area contributed by atoms with Gasteiger partial charge in [-0.2, -0.15) is 0 Å². The zero-order valence-electron chi connectivity index (χ0n) is 9.13. The SMILES string of the molecule is Cc1sc2nc(N(C)C)nc(Cl)c2c1C. The smallest absolute Gasteiger partial charge is 0.227 e. The molecule has 2 heterocycles. The van der Waals surface area contributed by atoms with Crippen molar-refractivity contribution in [3.8, 4) is 0 Å². The Labute approximate surface area is 97.7 Å². The highest BCUT2D eigenvalue weighted by Crippen LogP contribution is 2.33. The number of fused-ring (bicyclic) bond motifs is 1. The highest BCUT2D eigenvalue weighted by atomic mass is 35.5. The Morgan fingerprint density at radius 1 is 1.20 bits per heavy atom. The van der Waals surface area contributed by atoms with Gasteiger partial charge in [0, 0.05) is 19.0 Å². The summed E-state index contributed by atoms with van der Waals surface area (Å²) >= 11 is 7.82. The summed E-state index contributed by atoms with van der Waals surface area (Å²) in [5.74, 6) is 0.661. The van der Waals surface area contributed by atoms with Gasteiger partial charge in [-0.15, -0.1) is 11.3 Å². The number of rotatable bonds is 1. The van der Waals surface area contributed by atoms with Crippen LogP contribution in [-0.4, -0.2) is 24.1 Å². The van der Waals surface area contributed by atoms with Crippen LogP contribution in [0.2, 0.25) is 5.15 Å². The van der Waals surface area contributed by atoms with Gasteiger partial charge in [-0.05, 0) is 19.4 Å². The van der Waals surface area contributed by atoms with E-state index in [0.29, 0.717) is 11.1 Å². The quantitative estimate of drug-likeness (QED) is 0.719. The summed E-state index contributed by atoms with van der Waals surface area (Å²) in [6, 6.07) is 0. The zero-order valence-corrected chi connectivity index (χ0v) is 10.7. The fraction of sp³-hybridized carbons (Fsp3) is 0.400. The Morgan fingerprint density at radius 2 is 1.87 bits per heavy atom. The number of nitrogens with zero attached hydrogens (tertiary/aromatic N) is 3. The third kappa shape index (κ3) is 1.68. The van der Waals surface area contributed by atoms with Gasteiger partial charge in [0.1, 0.15) is 9.98 Å². The van der Waals surface area contributed by atoms with Crippen LogP contribution in [0.5, 0.6) is 0 Å². The Balaban J connectivity index is 2.78. The van der Waals surface area contributed by atoms with Gasteiger partial charge in [0.25, 0.3) is 0 Å². The van der Waals surface area contributed by atoms with E-state index in [1.165, 1.54) is 10.4 Å². The molecule has 0 atom stereocenters. The van der Waals surface area contributed by atoms with Crippen molar-refractivity contribution in [1.29, 1.82) is 0 Å². The van der Waals surface area contributed by atoms with Crippen LogP contribution in [0.4, 0.5) is 5.95 Å². The van der Waals surface area contributed by atoms with Crippen molar-refractivity contribution in [2.24, 2.45) is 0 Å². The molecule has 0 fully saturated rings. The summed E-state index contributed by atoms with van der Waals surface area (Å²) < 4.78 is 0. The normalized spacial score (nSPS) is 11.0. The molecular weight excluding hydrogens is 230 g/mol. The number of halogens is 1. The second kappa shape index (κ2) is 3.61. The maximum atomic E-state index is 6.15. The lowest BCUT2D eigenvalue weighted by atomic mass is 10.2. The largest absolute Gasteiger partial charge is 0.347 e. The Hall–Kier alpha value is -0.870. The molecule has 0 aliphatic rings. The molecule has 0 N–H and O–H groups in total. The number of hydrogen-bond donors (Lipinski definition) is 0. The van der Waals surface area contributed by atoms with Gasteiger partial charge in [0.15, 0.2) is 0 Å². The molecule has 0 aliphatic heterocycles. The van der Waals surface area contributed by atoms with E-state index in [1.807, 2.05) is 19.0 Å². The van der Waals surface area contributed by atoms with Crippen molar-refractivity contribution in [3.63, 3.8) is 0 Å². The van der Waals surface area contributed by atoms with Crippen LogP contribution in [0.25, 0.3) is 10.2 Å². The average molecular weight is 242 g/mol. The van der Waals surface area contributed by atoms with E-state index in [-0.39, 0.29) is 0 Å². The number of thiophene rings is 1. The van der Waals surface area contributed by atoms with E-state index >= 15 is 0 Å². The van der Waals surface area contributed by atoms with Crippen molar-refractivity contribution in [1.82, 2.24) is 9.97 Å². The maximum Gasteiger partial charge on any atom is 0.227 e. The third-order valence-corrected chi connectivity index (χ3v) is 3.75. The molecule has 0 radical (unpaired) electrons. The molecule has 0 saturated carbocycles. The topological polar surface area (TPSA) is 29.0 Å². The van der Waals surface area contributed by atoms with Gasteiger partial charge in [0.05, 0.1) is 5.39 Å². The molecule has 2 rings (SSSR count). The van der Waals surface area contributed by atoms with E-state index in [0.717, 1.165) is 10.2 Å². The minimum absolute atomic E-state index is 0.547. The molecule has 2 aromatic rings. The average Bonchev–Trinajstić information content (AvgIpc) is 2.42. The number of aromatic nitrogens is 2. The third-order valence-electron chi connectivity index (χ3n) is 2.37. The minimum Gasteiger partial charge on any atom is -0.347 e. The van der Waals surface area contributed by atoms with Crippen LogP contribution >= 0.6 is 22.9 Å². The van der Waals surface area contributed by atoms with Gasteiger partial charge in [-0.1, -0.05) is 11.6 Å². The second-order valence-corrected chi connectivity index (χ2v) is 5.23. The lowest BCUT2D eigenvalue weighted by Gasteiger charge is -2.09. The molecular formula is C10H12ClN3S. The molecule has 0 aliphatic carbocycles. The maximum absolute atomic E-state index is 6.15. The van der Waals surface area contributed by atoms with Crippen molar-refractivity contribution >= 4 is 39.1 Å². The molecule has 0 spiro atoms. The van der Waals surface area contributed by atoms with Crippen molar-refractivity contribution in [2.75, 3.05) is 19.0 Å². The predicted molar refractivity (Wildman–Crippen MR) is 66.2 cm³/mol. The van der Waals surface area contributed by atoms with Crippen LogP contribution in [-0.2, 0) is 0 Å². The predicted octanol–water partition coefficient (Wildman–Crippen LogP) is 3.03. The molecule has 2 aromatic heterocycles. The summed E-state index contributed by atoms with van der Waals surface area (Å²) in [7, 11) is 3.82. The Kier molecular flexibility index (Phi) is 2.56. The van der Waals surface area contributed by atoms with Crippen molar-refractivity contribution < 1.29 is 0 Å². The lowest BCUT2D eigenvalue weighted by Crippen LogP contribution is -2.12. The number of anilines is 1. The van der Waals surface area contributed by atoms with Crippen LogP contribution in [0, 0.1) is 13.8 Å². The lowest BCUT2D eigenvalue weighted by molar-refractivity contribution is 1.02. The molecule has 5 heteroatoms. The molecule has 3 nitrogen and oxygen atoms in total. The summed E-state index contributed by atoms with van der Waals surface area (Å²) in [6.45, 7) is 4.13. The molecule has 0 aromatic carbocycles. The summed E-state index contributed by atoms with van der Waals surface area (Å²) in [5, 5.41) is 1.54. The summed E-state index contributed by atoms with van der Waals surface area (Å²) in [6.07, 6.45) is 0. The van der Waals surface area contributed by atoms with E-state index in [2.05, 4.69) is 23.8 Å². The van der Waals surface area contributed by atoms with Crippen molar-refractivity contribution in [3.05, 3.63) is 15.6 Å². The molecule has 15 heavy (non-hydrogen) atoms. The van der Waals surface area contributed by atoms with E-state index < -0.39 is 0 Å². The monoisotopic (exact) mass is 241 g/mol. The van der Waals surface area contributed by atoms with Gasteiger partial charge < -0.3 is 4.90 Å². The Bertz CT molecular complexity index is 519. The summed E-state index contributed by atoms with van der Waals surface area (Å²) in [5.41, 5.74) is 1.19. The highest BCUT2D eigenvalue weighted by Gasteiger charge is 2.13. The van der Waals surface area contributed by atoms with Gasteiger partial charge in [0.2, 0.25) is 5.95 Å². The van der Waals surface area contributed by atoms with Crippen LogP contribution in [0.3, 0.4) is 0 Å². The van der Waals surface area contributed by atoms with E-state index in [4.69, 9.17) is 11.6 Å². The first kappa shape index (κ1) is 10.6. The van der Waals surface area contributed by atoms with Crippen LogP contribution < -0.4 is 4.90 Å². The first-order valence-corrected chi connectivity index (χ1v) is 5.80. The zero-order chi connectivity index (χ0) is 11.2. The first-order valence-electron chi connectivity index (χ1n) is 4.61. The second-order valence-electron chi connectivity index (χ2n) is 3.67. The summed E-state index contributed by atoms with van der Waals surface area (Å²) in [4.78, 5) is 12.8. The fourth-order valence-electron chi connectivity index (χ4n) is 1.39. The highest BCUT2D eigenvalue weighted by molar-refractivity contribution is 7.18. The van der Waals surface area contributed by atoms with Gasteiger partial charge in [-0.25, -0.2) is 9.97 Å². The fourth-order valence-corrected chi connectivity index (χ4v) is 2.78. The van der Waals surface area contributed by atoms with Gasteiger partial charge >= 0.3 is 0 Å².